The van der Waals surface area contributed by atoms with Gasteiger partial charge in [-0.3, -0.25) is 0 Å². The van der Waals surface area contributed by atoms with Crippen molar-refractivity contribution in [2.75, 3.05) is 0 Å². The Morgan fingerprint density at radius 2 is 1.94 bits per heavy atom. The zero-order chi connectivity index (χ0) is 12.8. The Morgan fingerprint density at radius 3 is 2.47 bits per heavy atom. The standard InChI is InChI=1S/C14H19ClN2/c1-9-6-7-11-16-13(14(3,4)5)12(10(2)15)17(11)8-9/h6-8,10H,1-5H3. The number of halogens is 1. The fourth-order valence-electron chi connectivity index (χ4n) is 2.10. The third kappa shape index (κ3) is 2.19. The number of hydrogen-bond donors (Lipinski definition) is 0. The van der Waals surface area contributed by atoms with Crippen LogP contribution in [0.1, 0.15) is 50.0 Å². The molecule has 2 rings (SSSR count). The van der Waals surface area contributed by atoms with Crippen molar-refractivity contribution >= 4 is 17.2 Å². The maximum atomic E-state index is 6.33. The summed E-state index contributed by atoms with van der Waals surface area (Å²) in [6, 6.07) is 4.13. The molecule has 2 nitrogen and oxygen atoms in total. The maximum absolute atomic E-state index is 6.33. The average molecular weight is 251 g/mol. The normalized spacial score (nSPS) is 14.2. The summed E-state index contributed by atoms with van der Waals surface area (Å²) in [5.41, 5.74) is 4.40. The Labute approximate surface area is 108 Å². The number of alkyl halides is 1. The second kappa shape index (κ2) is 4.02. The van der Waals surface area contributed by atoms with E-state index >= 15 is 0 Å². The number of fused-ring (bicyclic) bond motifs is 1. The quantitative estimate of drug-likeness (QED) is 0.692. The molecule has 0 bridgehead atoms. The molecule has 0 aliphatic heterocycles. The fraction of sp³-hybridized carbons (Fsp3) is 0.500. The van der Waals surface area contributed by atoms with Gasteiger partial charge in [-0.05, 0) is 25.5 Å². The van der Waals surface area contributed by atoms with Crippen molar-refractivity contribution in [1.82, 2.24) is 9.38 Å². The minimum Gasteiger partial charge on any atom is -0.302 e. The van der Waals surface area contributed by atoms with Gasteiger partial charge in [0.05, 0.1) is 16.8 Å². The molecule has 0 saturated carbocycles. The second-order valence-corrected chi connectivity index (χ2v) is 6.30. The summed E-state index contributed by atoms with van der Waals surface area (Å²) in [4.78, 5) is 4.72. The number of rotatable bonds is 1. The first-order valence-electron chi connectivity index (χ1n) is 5.94. The summed E-state index contributed by atoms with van der Waals surface area (Å²) in [6.45, 7) is 10.6. The number of pyridine rings is 1. The largest absolute Gasteiger partial charge is 0.302 e. The van der Waals surface area contributed by atoms with Crippen LogP contribution in [0, 0.1) is 6.92 Å². The highest BCUT2D eigenvalue weighted by Crippen LogP contribution is 2.32. The molecule has 0 radical (unpaired) electrons. The molecule has 0 spiro atoms. The summed E-state index contributed by atoms with van der Waals surface area (Å²) in [6.07, 6.45) is 2.10. The number of aryl methyl sites for hydroxylation is 1. The molecular formula is C14H19ClN2. The van der Waals surface area contributed by atoms with Crippen LogP contribution in [0.15, 0.2) is 18.3 Å². The van der Waals surface area contributed by atoms with E-state index < -0.39 is 0 Å². The molecule has 0 aliphatic carbocycles. The van der Waals surface area contributed by atoms with Crippen LogP contribution in [0.3, 0.4) is 0 Å². The number of nitrogens with zero attached hydrogens (tertiary/aromatic N) is 2. The topological polar surface area (TPSA) is 17.3 Å². The fourth-order valence-corrected chi connectivity index (χ4v) is 2.31. The predicted molar refractivity (Wildman–Crippen MR) is 72.9 cm³/mol. The molecule has 2 heterocycles. The zero-order valence-corrected chi connectivity index (χ0v) is 11.8. The highest BCUT2D eigenvalue weighted by molar-refractivity contribution is 6.20. The lowest BCUT2D eigenvalue weighted by Crippen LogP contribution is -2.15. The van der Waals surface area contributed by atoms with Crippen molar-refractivity contribution in [2.24, 2.45) is 0 Å². The summed E-state index contributed by atoms with van der Waals surface area (Å²) in [5, 5.41) is -0.0407. The van der Waals surface area contributed by atoms with Gasteiger partial charge >= 0.3 is 0 Å². The molecule has 0 aromatic carbocycles. The molecule has 1 unspecified atom stereocenters. The first-order valence-corrected chi connectivity index (χ1v) is 6.37. The molecule has 0 N–H and O–H groups in total. The van der Waals surface area contributed by atoms with Gasteiger partial charge in [-0.1, -0.05) is 26.8 Å². The van der Waals surface area contributed by atoms with Crippen LogP contribution in [0.5, 0.6) is 0 Å². The third-order valence-electron chi connectivity index (χ3n) is 2.89. The molecule has 92 valence electrons. The monoisotopic (exact) mass is 250 g/mol. The predicted octanol–water partition coefficient (Wildman–Crippen LogP) is 4.24. The van der Waals surface area contributed by atoms with Crippen molar-refractivity contribution in [3.05, 3.63) is 35.3 Å². The van der Waals surface area contributed by atoms with E-state index in [0.717, 1.165) is 17.0 Å². The van der Waals surface area contributed by atoms with Gasteiger partial charge in [-0.15, -0.1) is 11.6 Å². The van der Waals surface area contributed by atoms with E-state index in [2.05, 4.69) is 44.4 Å². The Hall–Kier alpha value is -1.02. The van der Waals surface area contributed by atoms with Crippen molar-refractivity contribution in [3.8, 4) is 0 Å². The summed E-state index contributed by atoms with van der Waals surface area (Å²) < 4.78 is 2.12. The second-order valence-electron chi connectivity index (χ2n) is 5.65. The maximum Gasteiger partial charge on any atom is 0.137 e. The highest BCUT2D eigenvalue weighted by atomic mass is 35.5. The van der Waals surface area contributed by atoms with Gasteiger partial charge < -0.3 is 4.40 Å². The summed E-state index contributed by atoms with van der Waals surface area (Å²) >= 11 is 6.33. The van der Waals surface area contributed by atoms with Crippen LogP contribution in [0.4, 0.5) is 0 Å². The minimum atomic E-state index is -0.0407. The van der Waals surface area contributed by atoms with Crippen LogP contribution in [0.25, 0.3) is 5.65 Å². The highest BCUT2D eigenvalue weighted by Gasteiger charge is 2.25. The van der Waals surface area contributed by atoms with Crippen LogP contribution in [-0.2, 0) is 5.41 Å². The smallest absolute Gasteiger partial charge is 0.137 e. The van der Waals surface area contributed by atoms with E-state index in [4.69, 9.17) is 16.6 Å². The van der Waals surface area contributed by atoms with E-state index in [1.54, 1.807) is 0 Å². The van der Waals surface area contributed by atoms with Crippen LogP contribution < -0.4 is 0 Å². The molecular weight excluding hydrogens is 232 g/mol. The van der Waals surface area contributed by atoms with Crippen LogP contribution in [0.2, 0.25) is 0 Å². The van der Waals surface area contributed by atoms with Crippen LogP contribution >= 0.6 is 11.6 Å². The molecule has 3 heteroatoms. The van der Waals surface area contributed by atoms with Crippen LogP contribution in [-0.4, -0.2) is 9.38 Å². The van der Waals surface area contributed by atoms with Crippen molar-refractivity contribution in [3.63, 3.8) is 0 Å². The van der Waals surface area contributed by atoms with Gasteiger partial charge in [0.25, 0.3) is 0 Å². The SMILES string of the molecule is Cc1ccc2nc(C(C)(C)C)c(C(C)Cl)n2c1. The Balaban J connectivity index is 2.81. The number of aromatic nitrogens is 2. The summed E-state index contributed by atoms with van der Waals surface area (Å²) in [5.74, 6) is 0. The lowest BCUT2D eigenvalue weighted by molar-refractivity contribution is 0.564. The van der Waals surface area contributed by atoms with Crippen molar-refractivity contribution in [2.45, 2.75) is 45.4 Å². The molecule has 0 aliphatic rings. The van der Waals surface area contributed by atoms with Gasteiger partial charge in [-0.2, -0.15) is 0 Å². The summed E-state index contributed by atoms with van der Waals surface area (Å²) in [7, 11) is 0. The van der Waals surface area contributed by atoms with Gasteiger partial charge in [0.2, 0.25) is 0 Å². The first kappa shape index (κ1) is 12.4. The van der Waals surface area contributed by atoms with Crippen molar-refractivity contribution < 1.29 is 0 Å². The Kier molecular flexibility index (Phi) is 2.94. The van der Waals surface area contributed by atoms with E-state index in [1.165, 1.54) is 5.56 Å². The van der Waals surface area contributed by atoms with E-state index in [-0.39, 0.29) is 10.8 Å². The average Bonchev–Trinajstić information content (AvgIpc) is 2.55. The number of hydrogen-bond acceptors (Lipinski definition) is 1. The van der Waals surface area contributed by atoms with E-state index in [1.807, 2.05) is 13.0 Å². The molecule has 2 aromatic rings. The van der Waals surface area contributed by atoms with Gasteiger partial charge in [-0.25, -0.2) is 4.98 Å². The Bertz CT molecular complexity index is 547. The molecule has 2 aromatic heterocycles. The van der Waals surface area contributed by atoms with Gasteiger partial charge in [0.1, 0.15) is 5.65 Å². The minimum absolute atomic E-state index is 0.0123. The molecule has 0 saturated heterocycles. The molecule has 1 atom stereocenters. The Morgan fingerprint density at radius 1 is 1.29 bits per heavy atom. The molecule has 0 fully saturated rings. The van der Waals surface area contributed by atoms with E-state index in [9.17, 15) is 0 Å². The first-order chi connectivity index (χ1) is 7.80. The lowest BCUT2D eigenvalue weighted by atomic mass is 9.90. The number of imidazole rings is 1. The van der Waals surface area contributed by atoms with Crippen molar-refractivity contribution in [1.29, 1.82) is 0 Å². The lowest BCUT2D eigenvalue weighted by Gasteiger charge is -2.19. The van der Waals surface area contributed by atoms with E-state index in [0.29, 0.717) is 0 Å². The third-order valence-corrected chi connectivity index (χ3v) is 3.10. The zero-order valence-electron chi connectivity index (χ0n) is 11.1. The van der Waals surface area contributed by atoms with Gasteiger partial charge in [0, 0.05) is 11.6 Å². The molecule has 17 heavy (non-hydrogen) atoms. The molecule has 0 amide bonds. The van der Waals surface area contributed by atoms with Gasteiger partial charge in [0.15, 0.2) is 0 Å².